The van der Waals surface area contributed by atoms with Gasteiger partial charge in [0.2, 0.25) is 5.91 Å². The Bertz CT molecular complexity index is 675. The molecule has 0 saturated carbocycles. The standard InChI is InChI=1S/C12H12ClN5O4/c13-8-3-1-2-4-9(8)22-7-10-15-16-17-18(10)6-11(19)14-5-12(20)21/h1-4H,5-7H2,(H,14,19)(H,20,21). The van der Waals surface area contributed by atoms with Gasteiger partial charge in [-0.25, -0.2) is 4.68 Å². The Kier molecular flexibility index (Phi) is 5.26. The second-order valence-corrected chi connectivity index (χ2v) is 4.55. The molecule has 1 aromatic heterocycles. The van der Waals surface area contributed by atoms with E-state index in [1.54, 1.807) is 24.3 Å². The zero-order chi connectivity index (χ0) is 15.9. The predicted molar refractivity (Wildman–Crippen MR) is 74.2 cm³/mol. The van der Waals surface area contributed by atoms with Crippen LogP contribution in [0.4, 0.5) is 0 Å². The van der Waals surface area contributed by atoms with Crippen molar-refractivity contribution in [1.82, 2.24) is 25.5 Å². The zero-order valence-corrected chi connectivity index (χ0v) is 12.0. The molecule has 0 aliphatic rings. The summed E-state index contributed by atoms with van der Waals surface area (Å²) in [7, 11) is 0. The number of carbonyl (C=O) groups excluding carboxylic acids is 1. The quantitative estimate of drug-likeness (QED) is 0.741. The van der Waals surface area contributed by atoms with E-state index in [0.29, 0.717) is 16.6 Å². The molecule has 10 heteroatoms. The molecule has 0 aliphatic heterocycles. The summed E-state index contributed by atoms with van der Waals surface area (Å²) in [4.78, 5) is 21.9. The fraction of sp³-hybridized carbons (Fsp3) is 0.250. The average molecular weight is 326 g/mol. The van der Waals surface area contributed by atoms with Crippen molar-refractivity contribution in [3.63, 3.8) is 0 Å². The van der Waals surface area contributed by atoms with Gasteiger partial charge in [-0.3, -0.25) is 9.59 Å². The number of halogens is 1. The van der Waals surface area contributed by atoms with E-state index in [1.807, 2.05) is 0 Å². The molecule has 2 aromatic rings. The third-order valence-corrected chi connectivity index (χ3v) is 2.84. The van der Waals surface area contributed by atoms with Gasteiger partial charge < -0.3 is 15.2 Å². The van der Waals surface area contributed by atoms with Crippen molar-refractivity contribution in [2.24, 2.45) is 0 Å². The molecule has 0 atom stereocenters. The maximum absolute atomic E-state index is 11.5. The van der Waals surface area contributed by atoms with Gasteiger partial charge in [0.15, 0.2) is 5.82 Å². The Morgan fingerprint density at radius 3 is 2.86 bits per heavy atom. The molecule has 2 rings (SSSR count). The summed E-state index contributed by atoms with van der Waals surface area (Å²) in [6.07, 6.45) is 0. The normalized spacial score (nSPS) is 10.2. The molecule has 0 saturated heterocycles. The Morgan fingerprint density at radius 2 is 2.14 bits per heavy atom. The van der Waals surface area contributed by atoms with E-state index in [9.17, 15) is 9.59 Å². The van der Waals surface area contributed by atoms with Crippen molar-refractivity contribution in [3.05, 3.63) is 35.1 Å². The number of nitrogens with one attached hydrogen (secondary N) is 1. The number of amides is 1. The molecular weight excluding hydrogens is 314 g/mol. The van der Waals surface area contributed by atoms with Gasteiger partial charge in [0.1, 0.15) is 25.4 Å². The number of rotatable bonds is 7. The Hall–Kier alpha value is -2.68. The number of para-hydroxylation sites is 1. The van der Waals surface area contributed by atoms with Crippen molar-refractivity contribution in [2.75, 3.05) is 6.54 Å². The number of carboxylic acid groups (broad SMARTS) is 1. The number of benzene rings is 1. The van der Waals surface area contributed by atoms with Gasteiger partial charge in [0.25, 0.3) is 0 Å². The van der Waals surface area contributed by atoms with E-state index in [2.05, 4.69) is 20.8 Å². The minimum absolute atomic E-state index is 0.0168. The van der Waals surface area contributed by atoms with Crippen molar-refractivity contribution in [1.29, 1.82) is 0 Å². The highest BCUT2D eigenvalue weighted by atomic mass is 35.5. The molecule has 1 heterocycles. The fourth-order valence-corrected chi connectivity index (χ4v) is 1.71. The maximum atomic E-state index is 11.5. The highest BCUT2D eigenvalue weighted by molar-refractivity contribution is 6.32. The summed E-state index contributed by atoms with van der Waals surface area (Å²) in [6.45, 7) is -0.656. The molecule has 1 aromatic carbocycles. The SMILES string of the molecule is O=C(O)CNC(=O)Cn1nnnc1COc1ccccc1Cl. The Labute approximate surface area is 129 Å². The molecule has 2 N–H and O–H groups in total. The fourth-order valence-electron chi connectivity index (χ4n) is 1.52. The minimum atomic E-state index is -1.13. The van der Waals surface area contributed by atoms with Gasteiger partial charge in [0.05, 0.1) is 5.02 Å². The lowest BCUT2D eigenvalue weighted by Gasteiger charge is -2.08. The molecule has 9 nitrogen and oxygen atoms in total. The van der Waals surface area contributed by atoms with Crippen LogP contribution in [-0.4, -0.2) is 43.7 Å². The summed E-state index contributed by atoms with van der Waals surface area (Å²) < 4.78 is 6.70. The summed E-state index contributed by atoms with van der Waals surface area (Å²) in [5.41, 5.74) is 0. The highest BCUT2D eigenvalue weighted by Gasteiger charge is 2.12. The van der Waals surface area contributed by atoms with Gasteiger partial charge >= 0.3 is 5.97 Å². The van der Waals surface area contributed by atoms with Crippen LogP contribution in [0.15, 0.2) is 24.3 Å². The molecular formula is C12H12ClN5O4. The minimum Gasteiger partial charge on any atom is -0.484 e. The van der Waals surface area contributed by atoms with Crippen LogP contribution in [0.25, 0.3) is 0 Å². The molecule has 0 unspecified atom stereocenters. The Balaban J connectivity index is 1.93. The molecule has 0 bridgehead atoms. The van der Waals surface area contributed by atoms with Gasteiger partial charge in [-0.2, -0.15) is 0 Å². The summed E-state index contributed by atoms with van der Waals surface area (Å²) >= 11 is 5.96. The number of aromatic nitrogens is 4. The van der Waals surface area contributed by atoms with E-state index in [-0.39, 0.29) is 13.2 Å². The Morgan fingerprint density at radius 1 is 1.36 bits per heavy atom. The summed E-state index contributed by atoms with van der Waals surface area (Å²) in [6, 6.07) is 6.91. The maximum Gasteiger partial charge on any atom is 0.322 e. The molecule has 0 fully saturated rings. The first-order valence-corrected chi connectivity index (χ1v) is 6.55. The molecule has 22 heavy (non-hydrogen) atoms. The monoisotopic (exact) mass is 325 g/mol. The molecule has 1 amide bonds. The first-order chi connectivity index (χ1) is 10.6. The predicted octanol–water partition coefficient (Wildman–Crippen LogP) is 0.106. The van der Waals surface area contributed by atoms with E-state index in [1.165, 1.54) is 4.68 Å². The molecule has 0 aliphatic carbocycles. The lowest BCUT2D eigenvalue weighted by molar-refractivity contribution is -0.138. The second-order valence-electron chi connectivity index (χ2n) is 4.14. The highest BCUT2D eigenvalue weighted by Crippen LogP contribution is 2.23. The van der Waals surface area contributed by atoms with Crippen LogP contribution in [0.3, 0.4) is 0 Å². The first-order valence-electron chi connectivity index (χ1n) is 6.17. The largest absolute Gasteiger partial charge is 0.484 e. The summed E-state index contributed by atoms with van der Waals surface area (Å²) in [5, 5.41) is 22.0. The van der Waals surface area contributed by atoms with E-state index in [4.69, 9.17) is 21.4 Å². The van der Waals surface area contributed by atoms with Crippen LogP contribution in [-0.2, 0) is 22.7 Å². The number of hydrogen-bond donors (Lipinski definition) is 2. The van der Waals surface area contributed by atoms with Crippen LogP contribution in [0.5, 0.6) is 5.75 Å². The molecule has 0 spiro atoms. The third-order valence-electron chi connectivity index (χ3n) is 2.53. The number of ether oxygens (including phenoxy) is 1. The first kappa shape index (κ1) is 15.7. The number of hydrogen-bond acceptors (Lipinski definition) is 6. The van der Waals surface area contributed by atoms with Crippen LogP contribution >= 0.6 is 11.6 Å². The van der Waals surface area contributed by atoms with Gasteiger partial charge in [-0.05, 0) is 22.6 Å². The smallest absolute Gasteiger partial charge is 0.322 e. The molecule has 0 radical (unpaired) electrons. The van der Waals surface area contributed by atoms with E-state index >= 15 is 0 Å². The van der Waals surface area contributed by atoms with Crippen molar-refractivity contribution < 1.29 is 19.4 Å². The lowest BCUT2D eigenvalue weighted by Crippen LogP contribution is -2.33. The molecule has 116 valence electrons. The number of carbonyl (C=O) groups is 2. The van der Waals surface area contributed by atoms with Crippen LogP contribution in [0.2, 0.25) is 5.02 Å². The van der Waals surface area contributed by atoms with Gasteiger partial charge in [0, 0.05) is 0 Å². The zero-order valence-electron chi connectivity index (χ0n) is 11.3. The van der Waals surface area contributed by atoms with E-state index in [0.717, 1.165) is 0 Å². The number of carboxylic acids is 1. The van der Waals surface area contributed by atoms with Gasteiger partial charge in [-0.15, -0.1) is 5.10 Å². The second kappa shape index (κ2) is 7.36. The topological polar surface area (TPSA) is 119 Å². The number of aliphatic carboxylic acids is 1. The van der Waals surface area contributed by atoms with E-state index < -0.39 is 18.4 Å². The average Bonchev–Trinajstić information content (AvgIpc) is 2.91. The van der Waals surface area contributed by atoms with Crippen LogP contribution in [0.1, 0.15) is 5.82 Å². The lowest BCUT2D eigenvalue weighted by atomic mass is 10.3. The third kappa shape index (κ3) is 4.42. The van der Waals surface area contributed by atoms with Crippen molar-refractivity contribution >= 4 is 23.5 Å². The van der Waals surface area contributed by atoms with Crippen LogP contribution in [0, 0.1) is 0 Å². The number of nitrogens with zero attached hydrogens (tertiary/aromatic N) is 4. The van der Waals surface area contributed by atoms with Crippen molar-refractivity contribution in [2.45, 2.75) is 13.2 Å². The van der Waals surface area contributed by atoms with Gasteiger partial charge in [-0.1, -0.05) is 23.7 Å². The van der Waals surface area contributed by atoms with Crippen LogP contribution < -0.4 is 10.1 Å². The number of tetrazole rings is 1. The summed E-state index contributed by atoms with van der Waals surface area (Å²) in [5.74, 6) is -0.875. The van der Waals surface area contributed by atoms with Crippen molar-refractivity contribution in [3.8, 4) is 5.75 Å².